The summed E-state index contributed by atoms with van der Waals surface area (Å²) in [5, 5.41) is 16.5. The number of aryl methyl sites for hydroxylation is 1. The first-order chi connectivity index (χ1) is 11.3. The number of nitrogens with zero attached hydrogens (tertiary/aromatic N) is 4. The number of likely N-dealkylation sites (tertiary alicyclic amines) is 1. The minimum Gasteiger partial charge on any atom is -0.475 e. The molecule has 3 N–H and O–H groups in total. The van der Waals surface area contributed by atoms with Crippen molar-refractivity contribution in [3.8, 4) is 0 Å². The van der Waals surface area contributed by atoms with Crippen LogP contribution in [0.2, 0.25) is 0 Å². The molecule has 13 heteroatoms. The SMILES string of the molecule is CN1CCCC(N(c2cnn(C)c2)S(N)(=O)=O)C1.O=C(O)C(F)(F)F. The van der Waals surface area contributed by atoms with Gasteiger partial charge in [0.05, 0.1) is 17.9 Å². The lowest BCUT2D eigenvalue weighted by Crippen LogP contribution is -2.51. The van der Waals surface area contributed by atoms with E-state index in [4.69, 9.17) is 15.0 Å². The maximum atomic E-state index is 11.8. The Morgan fingerprint density at radius 2 is 2.00 bits per heavy atom. The van der Waals surface area contributed by atoms with E-state index in [0.717, 1.165) is 19.4 Å². The average molecular weight is 387 g/mol. The summed E-state index contributed by atoms with van der Waals surface area (Å²) >= 11 is 0. The number of rotatable bonds is 3. The van der Waals surface area contributed by atoms with Gasteiger partial charge in [0.2, 0.25) is 0 Å². The number of aliphatic carboxylic acids is 1. The molecule has 0 saturated carbocycles. The summed E-state index contributed by atoms with van der Waals surface area (Å²) < 4.78 is 58.2. The van der Waals surface area contributed by atoms with Crippen LogP contribution in [0.5, 0.6) is 0 Å². The number of carbonyl (C=O) groups is 1. The van der Waals surface area contributed by atoms with Crippen LogP contribution in [0.4, 0.5) is 18.9 Å². The van der Waals surface area contributed by atoms with Gasteiger partial charge in [0, 0.05) is 19.8 Å². The minimum absolute atomic E-state index is 0.122. The second-order valence-electron chi connectivity index (χ2n) is 5.57. The summed E-state index contributed by atoms with van der Waals surface area (Å²) in [5.74, 6) is -2.76. The van der Waals surface area contributed by atoms with Crippen LogP contribution in [0, 0.1) is 0 Å². The molecule has 2 heterocycles. The van der Waals surface area contributed by atoms with Gasteiger partial charge in [-0.1, -0.05) is 0 Å². The number of hydrogen-bond donors (Lipinski definition) is 2. The molecule has 1 aliphatic rings. The molecule has 1 aromatic heterocycles. The van der Waals surface area contributed by atoms with E-state index in [1.165, 1.54) is 10.5 Å². The first kappa shape index (κ1) is 21.2. The predicted molar refractivity (Wildman–Crippen MR) is 83.0 cm³/mol. The van der Waals surface area contributed by atoms with Gasteiger partial charge in [-0.05, 0) is 26.4 Å². The van der Waals surface area contributed by atoms with Crippen molar-refractivity contribution in [3.05, 3.63) is 12.4 Å². The van der Waals surface area contributed by atoms with Gasteiger partial charge in [-0.2, -0.15) is 26.7 Å². The number of piperidine rings is 1. The second-order valence-corrected chi connectivity index (χ2v) is 7.00. The Morgan fingerprint density at radius 3 is 2.36 bits per heavy atom. The number of carboxylic acid groups (broad SMARTS) is 1. The van der Waals surface area contributed by atoms with E-state index in [1.807, 2.05) is 7.05 Å². The van der Waals surface area contributed by atoms with E-state index in [2.05, 4.69) is 10.00 Å². The van der Waals surface area contributed by atoms with Crippen molar-refractivity contribution in [2.75, 3.05) is 24.4 Å². The van der Waals surface area contributed by atoms with Gasteiger partial charge in [0.1, 0.15) is 0 Å². The van der Waals surface area contributed by atoms with Crippen molar-refractivity contribution in [1.29, 1.82) is 0 Å². The van der Waals surface area contributed by atoms with Gasteiger partial charge >= 0.3 is 12.1 Å². The number of anilines is 1. The van der Waals surface area contributed by atoms with Crippen LogP contribution in [0.1, 0.15) is 12.8 Å². The first-order valence-electron chi connectivity index (χ1n) is 7.12. The highest BCUT2D eigenvalue weighted by atomic mass is 32.2. The zero-order valence-electron chi connectivity index (χ0n) is 13.6. The maximum Gasteiger partial charge on any atom is 0.490 e. The Balaban J connectivity index is 0.000000381. The molecule has 1 aliphatic heterocycles. The molecule has 25 heavy (non-hydrogen) atoms. The molecule has 0 spiro atoms. The van der Waals surface area contributed by atoms with Crippen LogP contribution in [-0.4, -0.2) is 66.5 Å². The Kier molecular flexibility index (Phi) is 6.79. The number of hydrogen-bond acceptors (Lipinski definition) is 5. The number of carboxylic acids is 1. The highest BCUT2D eigenvalue weighted by Crippen LogP contribution is 2.23. The van der Waals surface area contributed by atoms with Crippen LogP contribution in [0.25, 0.3) is 0 Å². The fourth-order valence-corrected chi connectivity index (χ4v) is 3.39. The summed E-state index contributed by atoms with van der Waals surface area (Å²) in [6.45, 7) is 1.67. The van der Waals surface area contributed by atoms with Crippen molar-refractivity contribution < 1.29 is 31.5 Å². The molecule has 0 amide bonds. The summed E-state index contributed by atoms with van der Waals surface area (Å²) in [7, 11) is -0.0437. The predicted octanol–water partition coefficient (Wildman–Crippen LogP) is 0.158. The molecule has 9 nitrogen and oxygen atoms in total. The molecule has 2 rings (SSSR count). The minimum atomic E-state index is -5.08. The standard InChI is InChI=1S/C10H19N5O2S.C2HF3O2/c1-13-5-3-4-9(7-13)15(18(11,16)17)10-6-12-14(2)8-10;3-2(4,5)1(6)7/h6,8-9H,3-5,7H2,1-2H3,(H2,11,16,17);(H,6,7). The van der Waals surface area contributed by atoms with Crippen molar-refractivity contribution >= 4 is 21.9 Å². The van der Waals surface area contributed by atoms with Crippen molar-refractivity contribution in [3.63, 3.8) is 0 Å². The third kappa shape index (κ3) is 6.51. The fourth-order valence-electron chi connectivity index (χ4n) is 2.42. The Hall–Kier alpha value is -1.86. The Bertz CT molecular complexity index is 691. The van der Waals surface area contributed by atoms with Crippen LogP contribution < -0.4 is 9.44 Å². The maximum absolute atomic E-state index is 11.8. The normalized spacial score (nSPS) is 19.0. The lowest BCUT2D eigenvalue weighted by atomic mass is 10.1. The largest absolute Gasteiger partial charge is 0.490 e. The molecule has 144 valence electrons. The van der Waals surface area contributed by atoms with E-state index in [0.29, 0.717) is 12.2 Å². The van der Waals surface area contributed by atoms with Gasteiger partial charge in [-0.25, -0.2) is 9.93 Å². The molecule has 1 saturated heterocycles. The van der Waals surface area contributed by atoms with E-state index >= 15 is 0 Å². The number of halogens is 3. The molecule has 0 aliphatic carbocycles. The third-order valence-corrected chi connectivity index (χ3v) is 4.45. The summed E-state index contributed by atoms with van der Waals surface area (Å²) in [5.41, 5.74) is 0.528. The van der Waals surface area contributed by atoms with E-state index < -0.39 is 22.4 Å². The highest BCUT2D eigenvalue weighted by molar-refractivity contribution is 7.90. The molecule has 0 aromatic carbocycles. The van der Waals surface area contributed by atoms with Gasteiger partial charge in [-0.15, -0.1) is 0 Å². The van der Waals surface area contributed by atoms with E-state index in [9.17, 15) is 21.6 Å². The lowest BCUT2D eigenvalue weighted by molar-refractivity contribution is -0.192. The lowest BCUT2D eigenvalue weighted by Gasteiger charge is -2.36. The number of likely N-dealkylation sites (N-methyl/N-ethyl adjacent to an activating group) is 1. The molecule has 1 aromatic rings. The Morgan fingerprint density at radius 1 is 1.44 bits per heavy atom. The molecular formula is C12H20F3N5O4S. The van der Waals surface area contributed by atoms with Crippen molar-refractivity contribution in [1.82, 2.24) is 14.7 Å². The molecule has 0 radical (unpaired) electrons. The van der Waals surface area contributed by atoms with Gasteiger partial charge in [-0.3, -0.25) is 8.99 Å². The molecule has 1 fully saturated rings. The average Bonchev–Trinajstić information content (AvgIpc) is 2.83. The van der Waals surface area contributed by atoms with Crippen LogP contribution in [0.15, 0.2) is 12.4 Å². The second kappa shape index (κ2) is 8.01. The quantitative estimate of drug-likeness (QED) is 0.762. The van der Waals surface area contributed by atoms with Crippen molar-refractivity contribution in [2.24, 2.45) is 12.2 Å². The number of aromatic nitrogens is 2. The smallest absolute Gasteiger partial charge is 0.475 e. The topological polar surface area (TPSA) is 122 Å². The molecule has 0 bridgehead atoms. The fraction of sp³-hybridized carbons (Fsp3) is 0.667. The van der Waals surface area contributed by atoms with E-state index in [1.54, 1.807) is 17.9 Å². The number of alkyl halides is 3. The summed E-state index contributed by atoms with van der Waals surface area (Å²) in [6.07, 6.45) is -0.110. The zero-order valence-corrected chi connectivity index (χ0v) is 14.5. The van der Waals surface area contributed by atoms with Gasteiger partial charge in [0.25, 0.3) is 10.2 Å². The van der Waals surface area contributed by atoms with E-state index in [-0.39, 0.29) is 6.04 Å². The van der Waals surface area contributed by atoms with Gasteiger partial charge < -0.3 is 10.0 Å². The summed E-state index contributed by atoms with van der Waals surface area (Å²) in [6, 6.07) is -0.122. The zero-order chi connectivity index (χ0) is 19.4. The molecule has 1 atom stereocenters. The van der Waals surface area contributed by atoms with Gasteiger partial charge in [0.15, 0.2) is 0 Å². The first-order valence-corrected chi connectivity index (χ1v) is 8.62. The Labute approximate surface area is 143 Å². The monoisotopic (exact) mass is 387 g/mol. The molecule has 1 unspecified atom stereocenters. The van der Waals surface area contributed by atoms with Crippen LogP contribution >= 0.6 is 0 Å². The van der Waals surface area contributed by atoms with Crippen LogP contribution in [0.3, 0.4) is 0 Å². The van der Waals surface area contributed by atoms with Crippen LogP contribution in [-0.2, 0) is 22.1 Å². The number of nitrogens with two attached hydrogens (primary N) is 1. The summed E-state index contributed by atoms with van der Waals surface area (Å²) in [4.78, 5) is 11.0. The molecular weight excluding hydrogens is 367 g/mol. The third-order valence-electron chi connectivity index (χ3n) is 3.39. The highest BCUT2D eigenvalue weighted by Gasteiger charge is 2.38. The van der Waals surface area contributed by atoms with Crippen molar-refractivity contribution in [2.45, 2.75) is 25.1 Å².